The number of aldehydes is 1. The van der Waals surface area contributed by atoms with Crippen molar-refractivity contribution < 1.29 is 14.3 Å². The minimum Gasteiger partial charge on any atom is -0.504 e. The molecule has 0 radical (unpaired) electrons. The lowest BCUT2D eigenvalue weighted by atomic mass is 10.1. The summed E-state index contributed by atoms with van der Waals surface area (Å²) in [6, 6.07) is 4.50. The van der Waals surface area contributed by atoms with Crippen LogP contribution in [0, 0.1) is 5.82 Å². The van der Waals surface area contributed by atoms with Gasteiger partial charge in [-0.05, 0) is 39.7 Å². The lowest BCUT2D eigenvalue weighted by molar-refractivity contribution is 0.112. The molecule has 0 spiro atoms. The largest absolute Gasteiger partial charge is 0.504 e. The molecule has 2 nitrogen and oxygen atoms in total. The highest BCUT2D eigenvalue weighted by Gasteiger charge is 2.11. The maximum atomic E-state index is 13.3. The number of thiophene rings is 1. The van der Waals surface area contributed by atoms with E-state index in [0.29, 0.717) is 11.8 Å². The summed E-state index contributed by atoms with van der Waals surface area (Å²) in [5.41, 5.74) is 0.535. The first-order valence-corrected chi connectivity index (χ1v) is 6.01. The second kappa shape index (κ2) is 4.35. The molecule has 5 heteroatoms. The molecule has 0 saturated heterocycles. The molecule has 16 heavy (non-hydrogen) atoms. The van der Waals surface area contributed by atoms with Crippen LogP contribution < -0.4 is 0 Å². The van der Waals surface area contributed by atoms with Crippen molar-refractivity contribution in [3.63, 3.8) is 0 Å². The normalized spacial score (nSPS) is 10.4. The third-order valence-corrected chi connectivity index (χ3v) is 3.81. The number of aromatic hydroxyl groups is 1. The fourth-order valence-corrected chi connectivity index (χ4v) is 2.73. The SMILES string of the molecule is O=Cc1cc(-c2cc(Br)cs2)cc(F)c1O. The summed E-state index contributed by atoms with van der Waals surface area (Å²) in [5.74, 6) is -1.39. The second-order valence-corrected chi connectivity index (χ2v) is 4.97. The van der Waals surface area contributed by atoms with Gasteiger partial charge in [0.05, 0.1) is 5.56 Å². The van der Waals surface area contributed by atoms with Crippen LogP contribution in [-0.4, -0.2) is 11.4 Å². The predicted octanol–water partition coefficient (Wildman–Crippen LogP) is 3.83. The van der Waals surface area contributed by atoms with E-state index in [1.807, 2.05) is 11.4 Å². The number of benzene rings is 1. The van der Waals surface area contributed by atoms with Gasteiger partial charge in [0.15, 0.2) is 17.9 Å². The van der Waals surface area contributed by atoms with Crippen molar-refractivity contribution in [2.24, 2.45) is 0 Å². The summed E-state index contributed by atoms with van der Waals surface area (Å²) >= 11 is 4.72. The van der Waals surface area contributed by atoms with Crippen LogP contribution >= 0.6 is 27.3 Å². The minimum absolute atomic E-state index is 0.0421. The molecular weight excluding hydrogens is 295 g/mol. The van der Waals surface area contributed by atoms with Gasteiger partial charge in [0.25, 0.3) is 0 Å². The summed E-state index contributed by atoms with van der Waals surface area (Å²) < 4.78 is 14.2. The van der Waals surface area contributed by atoms with Gasteiger partial charge < -0.3 is 5.11 Å². The number of halogens is 2. The topological polar surface area (TPSA) is 37.3 Å². The van der Waals surface area contributed by atoms with E-state index in [-0.39, 0.29) is 5.56 Å². The molecule has 1 N–H and O–H groups in total. The van der Waals surface area contributed by atoms with Crippen LogP contribution in [0.5, 0.6) is 5.75 Å². The first-order valence-electron chi connectivity index (χ1n) is 4.34. The van der Waals surface area contributed by atoms with Gasteiger partial charge in [-0.15, -0.1) is 11.3 Å². The molecule has 2 rings (SSSR count). The van der Waals surface area contributed by atoms with Gasteiger partial charge in [0, 0.05) is 14.7 Å². The number of rotatable bonds is 2. The Morgan fingerprint density at radius 2 is 2.12 bits per heavy atom. The fourth-order valence-electron chi connectivity index (χ4n) is 1.32. The second-order valence-electron chi connectivity index (χ2n) is 3.14. The predicted molar refractivity (Wildman–Crippen MR) is 64.5 cm³/mol. The molecule has 1 aromatic carbocycles. The number of carbonyl (C=O) groups excluding carboxylic acids is 1. The summed E-state index contributed by atoms with van der Waals surface area (Å²) in [5, 5.41) is 11.1. The Morgan fingerprint density at radius 1 is 1.38 bits per heavy atom. The third-order valence-electron chi connectivity index (χ3n) is 2.07. The van der Waals surface area contributed by atoms with Crippen molar-refractivity contribution in [2.75, 3.05) is 0 Å². The molecule has 0 amide bonds. The molecule has 0 aliphatic rings. The summed E-state index contributed by atoms with van der Waals surface area (Å²) in [6.45, 7) is 0. The Hall–Kier alpha value is -1.20. The maximum absolute atomic E-state index is 13.3. The van der Waals surface area contributed by atoms with Gasteiger partial charge in [0.1, 0.15) is 0 Å². The lowest BCUT2D eigenvalue weighted by Crippen LogP contribution is -1.87. The maximum Gasteiger partial charge on any atom is 0.166 e. The van der Waals surface area contributed by atoms with Crippen molar-refractivity contribution in [2.45, 2.75) is 0 Å². The molecule has 0 unspecified atom stereocenters. The third kappa shape index (κ3) is 2.01. The highest BCUT2D eigenvalue weighted by atomic mass is 79.9. The number of hydrogen-bond acceptors (Lipinski definition) is 3. The first kappa shape index (κ1) is 11.3. The number of phenols is 1. The standard InChI is InChI=1S/C11H6BrFO2S/c12-8-3-10(16-5-8)6-1-7(4-14)11(15)9(13)2-6/h1-5,15H. The highest BCUT2D eigenvalue weighted by Crippen LogP contribution is 2.33. The summed E-state index contributed by atoms with van der Waals surface area (Å²) in [6.07, 6.45) is 0.435. The van der Waals surface area contributed by atoms with Crippen LogP contribution in [0.2, 0.25) is 0 Å². The van der Waals surface area contributed by atoms with Crippen molar-refractivity contribution in [3.8, 4) is 16.2 Å². The number of hydrogen-bond donors (Lipinski definition) is 1. The van der Waals surface area contributed by atoms with E-state index in [2.05, 4.69) is 15.9 Å². The molecule has 0 fully saturated rings. The number of phenolic OH excluding ortho intramolecular Hbond substituents is 1. The van der Waals surface area contributed by atoms with Crippen LogP contribution in [0.15, 0.2) is 28.1 Å². The molecule has 82 valence electrons. The van der Waals surface area contributed by atoms with Gasteiger partial charge in [-0.25, -0.2) is 4.39 Å². The van der Waals surface area contributed by atoms with E-state index in [9.17, 15) is 14.3 Å². The Bertz CT molecular complexity index is 551. The zero-order valence-corrected chi connectivity index (χ0v) is 10.3. The average molecular weight is 301 g/mol. The molecule has 0 atom stereocenters. The fraction of sp³-hybridized carbons (Fsp3) is 0. The average Bonchev–Trinajstić information content (AvgIpc) is 2.69. The van der Waals surface area contributed by atoms with E-state index >= 15 is 0 Å². The molecule has 0 bridgehead atoms. The van der Waals surface area contributed by atoms with Crippen molar-refractivity contribution >= 4 is 33.6 Å². The van der Waals surface area contributed by atoms with Crippen LogP contribution in [0.4, 0.5) is 4.39 Å². The molecule has 0 saturated carbocycles. The smallest absolute Gasteiger partial charge is 0.166 e. The minimum atomic E-state index is -0.788. The Morgan fingerprint density at radius 3 is 2.69 bits per heavy atom. The van der Waals surface area contributed by atoms with E-state index in [4.69, 9.17) is 0 Å². The lowest BCUT2D eigenvalue weighted by Gasteiger charge is -2.02. The van der Waals surface area contributed by atoms with Crippen LogP contribution in [-0.2, 0) is 0 Å². The zero-order valence-electron chi connectivity index (χ0n) is 7.91. The van der Waals surface area contributed by atoms with Gasteiger partial charge in [0.2, 0.25) is 0 Å². The Kier molecular flexibility index (Phi) is 3.07. The van der Waals surface area contributed by atoms with Gasteiger partial charge in [-0.3, -0.25) is 4.79 Å². The van der Waals surface area contributed by atoms with Gasteiger partial charge in [-0.2, -0.15) is 0 Å². The number of carbonyl (C=O) groups is 1. The summed E-state index contributed by atoms with van der Waals surface area (Å²) in [4.78, 5) is 11.5. The monoisotopic (exact) mass is 300 g/mol. The Balaban J connectivity index is 2.58. The highest BCUT2D eigenvalue weighted by molar-refractivity contribution is 9.10. The van der Waals surface area contributed by atoms with Gasteiger partial charge in [-0.1, -0.05) is 0 Å². The molecule has 1 aromatic heterocycles. The van der Waals surface area contributed by atoms with E-state index in [1.165, 1.54) is 23.5 Å². The zero-order chi connectivity index (χ0) is 11.7. The quantitative estimate of drug-likeness (QED) is 0.856. The molecule has 1 heterocycles. The molecule has 0 aliphatic carbocycles. The first-order chi connectivity index (χ1) is 7.61. The van der Waals surface area contributed by atoms with Gasteiger partial charge >= 0.3 is 0 Å². The molecule has 2 aromatic rings. The van der Waals surface area contributed by atoms with E-state index < -0.39 is 11.6 Å². The Labute approximate surface area is 103 Å². The molecular formula is C11H6BrFO2S. The van der Waals surface area contributed by atoms with E-state index in [1.54, 1.807) is 0 Å². The van der Waals surface area contributed by atoms with E-state index in [0.717, 1.165) is 9.35 Å². The van der Waals surface area contributed by atoms with Crippen LogP contribution in [0.25, 0.3) is 10.4 Å². The molecule has 0 aliphatic heterocycles. The summed E-state index contributed by atoms with van der Waals surface area (Å²) in [7, 11) is 0. The van der Waals surface area contributed by atoms with Crippen LogP contribution in [0.1, 0.15) is 10.4 Å². The van der Waals surface area contributed by atoms with Crippen LogP contribution in [0.3, 0.4) is 0 Å². The van der Waals surface area contributed by atoms with Crippen molar-refractivity contribution in [1.29, 1.82) is 0 Å². The van der Waals surface area contributed by atoms with Crippen molar-refractivity contribution in [3.05, 3.63) is 39.4 Å². The van der Waals surface area contributed by atoms with Crippen molar-refractivity contribution in [1.82, 2.24) is 0 Å².